The molecule has 1 amide bonds. The topological polar surface area (TPSA) is 66.0 Å². The predicted molar refractivity (Wildman–Crippen MR) is 106 cm³/mol. The fourth-order valence-corrected chi connectivity index (χ4v) is 4.11. The summed E-state index contributed by atoms with van der Waals surface area (Å²) in [6.45, 7) is 1.91. The number of amides is 1. The molecule has 0 bridgehead atoms. The number of hydrogen-bond donors (Lipinski definition) is 2. The molecule has 26 heavy (non-hydrogen) atoms. The van der Waals surface area contributed by atoms with Gasteiger partial charge in [0, 0.05) is 40.4 Å². The second kappa shape index (κ2) is 10.8. The second-order valence-electron chi connectivity index (χ2n) is 8.24. The van der Waals surface area contributed by atoms with Gasteiger partial charge in [0.05, 0.1) is 0 Å². The van der Waals surface area contributed by atoms with E-state index in [2.05, 4.69) is 15.6 Å². The molecule has 0 radical (unpaired) electrons. The Hall–Kier alpha value is -1.30. The van der Waals surface area contributed by atoms with Gasteiger partial charge in [0.2, 0.25) is 5.91 Å². The van der Waals surface area contributed by atoms with Gasteiger partial charge in [-0.15, -0.1) is 0 Å². The van der Waals surface area contributed by atoms with Crippen molar-refractivity contribution in [2.45, 2.75) is 70.3 Å². The van der Waals surface area contributed by atoms with Crippen molar-refractivity contribution in [1.29, 1.82) is 0 Å². The van der Waals surface area contributed by atoms with E-state index in [1.807, 2.05) is 0 Å². The lowest BCUT2D eigenvalue weighted by Gasteiger charge is -2.31. The van der Waals surface area contributed by atoms with Crippen LogP contribution in [0.3, 0.4) is 0 Å². The van der Waals surface area contributed by atoms with Crippen LogP contribution in [-0.2, 0) is 9.53 Å². The third kappa shape index (κ3) is 6.78. The third-order valence-electron chi connectivity index (χ3n) is 5.95. The number of guanidine groups is 1. The molecule has 0 aromatic heterocycles. The number of ether oxygens (including phenoxy) is 1. The summed E-state index contributed by atoms with van der Waals surface area (Å²) < 4.78 is 5.34. The van der Waals surface area contributed by atoms with Gasteiger partial charge in [-0.1, -0.05) is 32.1 Å². The van der Waals surface area contributed by atoms with E-state index in [1.54, 1.807) is 26.1 Å². The number of methoxy groups -OCH3 is 1. The quantitative estimate of drug-likeness (QED) is 0.512. The average Bonchev–Trinajstić information content (AvgIpc) is 3.12. The maximum Gasteiger partial charge on any atom is 0.243 e. The Balaban J connectivity index is 1.96. The molecule has 0 spiro atoms. The lowest BCUT2D eigenvalue weighted by Crippen LogP contribution is -2.48. The summed E-state index contributed by atoms with van der Waals surface area (Å²) in [4.78, 5) is 18.1. The Morgan fingerprint density at radius 1 is 1.15 bits per heavy atom. The first-order valence-electron chi connectivity index (χ1n) is 10.3. The first kappa shape index (κ1) is 21.0. The van der Waals surface area contributed by atoms with Crippen LogP contribution in [-0.4, -0.2) is 63.7 Å². The van der Waals surface area contributed by atoms with E-state index < -0.39 is 0 Å². The van der Waals surface area contributed by atoms with Crippen molar-refractivity contribution in [2.24, 2.45) is 10.4 Å². The van der Waals surface area contributed by atoms with Crippen LogP contribution < -0.4 is 10.6 Å². The lowest BCUT2D eigenvalue weighted by molar-refractivity contribution is -0.127. The summed E-state index contributed by atoms with van der Waals surface area (Å²) in [5.41, 5.74) is 0.302. The molecule has 0 atom stereocenters. The molecule has 2 rings (SSSR count). The maximum atomic E-state index is 12.0. The molecule has 0 saturated heterocycles. The second-order valence-corrected chi connectivity index (χ2v) is 8.24. The summed E-state index contributed by atoms with van der Waals surface area (Å²) in [6.07, 6.45) is 12.4. The number of carbonyl (C=O) groups excluding carboxylic acids is 1. The van der Waals surface area contributed by atoms with Gasteiger partial charge in [0.25, 0.3) is 0 Å². The van der Waals surface area contributed by atoms with E-state index in [1.165, 1.54) is 57.8 Å². The van der Waals surface area contributed by atoms with Crippen LogP contribution in [0, 0.1) is 5.41 Å². The normalized spacial score (nSPS) is 20.8. The minimum absolute atomic E-state index is 0.0321. The smallest absolute Gasteiger partial charge is 0.243 e. The largest absolute Gasteiger partial charge is 0.385 e. The van der Waals surface area contributed by atoms with Crippen molar-refractivity contribution in [3.8, 4) is 0 Å². The number of nitrogens with zero attached hydrogens (tertiary/aromatic N) is 2. The average molecular weight is 367 g/mol. The molecule has 150 valence electrons. The first-order chi connectivity index (χ1) is 12.5. The van der Waals surface area contributed by atoms with Crippen LogP contribution in [0.5, 0.6) is 0 Å². The molecule has 6 nitrogen and oxygen atoms in total. The highest BCUT2D eigenvalue weighted by Gasteiger charge is 2.33. The molecule has 0 aromatic rings. The Morgan fingerprint density at radius 3 is 2.46 bits per heavy atom. The zero-order chi connectivity index (χ0) is 18.8. The first-order valence-corrected chi connectivity index (χ1v) is 10.3. The summed E-state index contributed by atoms with van der Waals surface area (Å²) in [5.74, 6) is 0.834. The Bertz CT molecular complexity index is 453. The minimum atomic E-state index is 0.0321. The van der Waals surface area contributed by atoms with Crippen molar-refractivity contribution in [3.05, 3.63) is 0 Å². The molecule has 2 aliphatic carbocycles. The fourth-order valence-electron chi connectivity index (χ4n) is 4.11. The van der Waals surface area contributed by atoms with E-state index in [0.717, 1.165) is 25.5 Å². The number of aliphatic imine (C=N–C) groups is 1. The summed E-state index contributed by atoms with van der Waals surface area (Å²) >= 11 is 0. The highest BCUT2D eigenvalue weighted by Crippen LogP contribution is 2.40. The molecular formula is C20H38N4O2. The van der Waals surface area contributed by atoms with Crippen molar-refractivity contribution in [2.75, 3.05) is 40.9 Å². The van der Waals surface area contributed by atoms with Crippen molar-refractivity contribution in [1.82, 2.24) is 15.5 Å². The van der Waals surface area contributed by atoms with Crippen LogP contribution in [0.15, 0.2) is 4.99 Å². The standard InChI is InChI=1S/C20H38N4O2/c1-24(2)18(25)15-21-19(23-17-9-5-4-6-10-17)22-16-20(13-14-26-3)11-7-8-12-20/h17H,4-16H2,1-3H3,(H2,21,22,23). The van der Waals surface area contributed by atoms with Gasteiger partial charge < -0.3 is 20.3 Å². The molecule has 0 aromatic carbocycles. The van der Waals surface area contributed by atoms with Gasteiger partial charge in [-0.2, -0.15) is 0 Å². The minimum Gasteiger partial charge on any atom is -0.385 e. The van der Waals surface area contributed by atoms with Crippen LogP contribution in [0.4, 0.5) is 0 Å². The van der Waals surface area contributed by atoms with E-state index >= 15 is 0 Å². The van der Waals surface area contributed by atoms with Crippen LogP contribution in [0.2, 0.25) is 0 Å². The Labute approximate surface area is 159 Å². The van der Waals surface area contributed by atoms with Gasteiger partial charge in [0.15, 0.2) is 5.96 Å². The molecule has 0 unspecified atom stereocenters. The van der Waals surface area contributed by atoms with Crippen molar-refractivity contribution >= 4 is 11.9 Å². The van der Waals surface area contributed by atoms with Crippen LogP contribution in [0.25, 0.3) is 0 Å². The summed E-state index contributed by atoms with van der Waals surface area (Å²) in [5, 5.41) is 7.15. The number of rotatable bonds is 8. The molecule has 2 N–H and O–H groups in total. The number of hydrogen-bond acceptors (Lipinski definition) is 3. The highest BCUT2D eigenvalue weighted by atomic mass is 16.5. The van der Waals surface area contributed by atoms with Gasteiger partial charge in [-0.25, -0.2) is 4.99 Å². The molecule has 6 heteroatoms. The van der Waals surface area contributed by atoms with E-state index in [4.69, 9.17) is 4.74 Å². The third-order valence-corrected chi connectivity index (χ3v) is 5.95. The molecule has 0 aliphatic heterocycles. The number of nitrogens with one attached hydrogen (secondary N) is 2. The highest BCUT2D eigenvalue weighted by molar-refractivity contribution is 5.85. The SMILES string of the molecule is COCCC1(CNC(=NCC(=O)N(C)C)NC2CCCCC2)CCCC1. The van der Waals surface area contributed by atoms with Gasteiger partial charge in [-0.3, -0.25) is 4.79 Å². The van der Waals surface area contributed by atoms with Crippen LogP contribution in [0.1, 0.15) is 64.2 Å². The number of carbonyl (C=O) groups is 1. The summed E-state index contributed by atoms with van der Waals surface area (Å²) in [6, 6.07) is 0.475. The van der Waals surface area contributed by atoms with Gasteiger partial charge in [0.1, 0.15) is 6.54 Å². The molecule has 2 aliphatic rings. The van der Waals surface area contributed by atoms with Gasteiger partial charge >= 0.3 is 0 Å². The number of likely N-dealkylation sites (N-methyl/N-ethyl adjacent to an activating group) is 1. The Kier molecular flexibility index (Phi) is 8.69. The molecule has 2 saturated carbocycles. The van der Waals surface area contributed by atoms with E-state index in [-0.39, 0.29) is 12.5 Å². The zero-order valence-electron chi connectivity index (χ0n) is 17.0. The molecular weight excluding hydrogens is 328 g/mol. The molecule has 0 heterocycles. The Morgan fingerprint density at radius 2 is 1.85 bits per heavy atom. The summed E-state index contributed by atoms with van der Waals surface area (Å²) in [7, 11) is 5.33. The monoisotopic (exact) mass is 366 g/mol. The predicted octanol–water partition coefficient (Wildman–Crippen LogP) is 2.54. The molecule has 2 fully saturated rings. The van der Waals surface area contributed by atoms with E-state index in [0.29, 0.717) is 11.5 Å². The zero-order valence-corrected chi connectivity index (χ0v) is 17.0. The lowest BCUT2D eigenvalue weighted by atomic mass is 9.83. The van der Waals surface area contributed by atoms with Crippen LogP contribution >= 0.6 is 0 Å². The fraction of sp³-hybridized carbons (Fsp3) is 0.900. The van der Waals surface area contributed by atoms with Crippen molar-refractivity contribution < 1.29 is 9.53 Å². The van der Waals surface area contributed by atoms with E-state index in [9.17, 15) is 4.79 Å². The van der Waals surface area contributed by atoms with Crippen molar-refractivity contribution in [3.63, 3.8) is 0 Å². The van der Waals surface area contributed by atoms with Gasteiger partial charge in [-0.05, 0) is 37.5 Å². The maximum absolute atomic E-state index is 12.0.